The highest BCUT2D eigenvalue weighted by Crippen LogP contribution is 2.27. The summed E-state index contributed by atoms with van der Waals surface area (Å²) >= 11 is 0. The predicted molar refractivity (Wildman–Crippen MR) is 78.0 cm³/mol. The van der Waals surface area contributed by atoms with Crippen molar-refractivity contribution in [1.29, 1.82) is 0 Å². The van der Waals surface area contributed by atoms with Crippen molar-refractivity contribution >= 4 is 11.5 Å². The fourth-order valence-corrected chi connectivity index (χ4v) is 2.76. The summed E-state index contributed by atoms with van der Waals surface area (Å²) in [6, 6.07) is 0. The molecule has 1 atom stereocenters. The van der Waals surface area contributed by atoms with Gasteiger partial charge in [0.05, 0.1) is 4.92 Å². The topological polar surface area (TPSA) is 76.2 Å². The molecule has 1 aliphatic heterocycles. The highest BCUT2D eigenvalue weighted by molar-refractivity contribution is 5.56. The van der Waals surface area contributed by atoms with Crippen LogP contribution in [0, 0.1) is 16.0 Å². The number of nitrogens with one attached hydrogen (secondary N) is 1. The predicted octanol–water partition coefficient (Wildman–Crippen LogP) is 1.54. The minimum absolute atomic E-state index is 0.102. The Balaban J connectivity index is 2.16. The molecule has 7 nitrogen and oxygen atoms in total. The first-order valence-corrected chi connectivity index (χ1v) is 7.25. The van der Waals surface area contributed by atoms with Gasteiger partial charge in [0.1, 0.15) is 6.20 Å². The van der Waals surface area contributed by atoms with Crippen molar-refractivity contribution in [2.75, 3.05) is 31.1 Å². The molecule has 7 heteroatoms. The lowest BCUT2D eigenvalue weighted by Crippen LogP contribution is -2.39. The number of hydrogen-bond acceptors (Lipinski definition) is 5. The monoisotopic (exact) mass is 281 g/mol. The molecule has 0 spiro atoms. The van der Waals surface area contributed by atoms with Crippen LogP contribution in [-0.2, 0) is 7.05 Å². The van der Waals surface area contributed by atoms with Crippen molar-refractivity contribution in [2.45, 2.75) is 26.2 Å². The molecule has 1 unspecified atom stereocenters. The van der Waals surface area contributed by atoms with Crippen molar-refractivity contribution in [3.05, 3.63) is 16.3 Å². The summed E-state index contributed by atoms with van der Waals surface area (Å²) in [5, 5.41) is 18.8. The largest absolute Gasteiger partial charge is 0.349 e. The Hall–Kier alpha value is -1.63. The van der Waals surface area contributed by atoms with Crippen LogP contribution >= 0.6 is 0 Å². The number of anilines is 1. The summed E-state index contributed by atoms with van der Waals surface area (Å²) in [5.74, 6) is 1.04. The van der Waals surface area contributed by atoms with E-state index < -0.39 is 0 Å². The average Bonchev–Trinajstić information content (AvgIpc) is 2.82. The van der Waals surface area contributed by atoms with Crippen LogP contribution in [0.4, 0.5) is 11.5 Å². The van der Waals surface area contributed by atoms with Crippen LogP contribution in [-0.4, -0.2) is 40.9 Å². The van der Waals surface area contributed by atoms with E-state index in [9.17, 15) is 10.1 Å². The van der Waals surface area contributed by atoms with Crippen molar-refractivity contribution in [1.82, 2.24) is 15.1 Å². The van der Waals surface area contributed by atoms with E-state index >= 15 is 0 Å². The Morgan fingerprint density at radius 2 is 2.45 bits per heavy atom. The number of nitro groups is 1. The molecular formula is C13H23N5O2. The molecule has 0 aliphatic carbocycles. The van der Waals surface area contributed by atoms with Gasteiger partial charge < -0.3 is 10.2 Å². The first kappa shape index (κ1) is 14.8. The fraction of sp³-hybridized carbons (Fsp3) is 0.769. The van der Waals surface area contributed by atoms with Gasteiger partial charge in [-0.25, -0.2) is 0 Å². The Morgan fingerprint density at radius 1 is 1.65 bits per heavy atom. The Kier molecular flexibility index (Phi) is 4.94. The third-order valence-electron chi connectivity index (χ3n) is 3.66. The number of rotatable bonds is 6. The van der Waals surface area contributed by atoms with E-state index in [1.54, 1.807) is 7.05 Å². The second-order valence-electron chi connectivity index (χ2n) is 5.43. The van der Waals surface area contributed by atoms with Crippen LogP contribution in [0.25, 0.3) is 0 Å². The van der Waals surface area contributed by atoms with Gasteiger partial charge in [-0.3, -0.25) is 14.8 Å². The average molecular weight is 281 g/mol. The van der Waals surface area contributed by atoms with Gasteiger partial charge in [0.25, 0.3) is 0 Å². The van der Waals surface area contributed by atoms with Crippen molar-refractivity contribution in [2.24, 2.45) is 13.0 Å². The van der Waals surface area contributed by atoms with Crippen LogP contribution in [0.3, 0.4) is 0 Å². The van der Waals surface area contributed by atoms with E-state index in [1.807, 2.05) is 0 Å². The second-order valence-corrected chi connectivity index (χ2v) is 5.43. The quantitative estimate of drug-likeness (QED) is 0.632. The molecule has 0 saturated carbocycles. The van der Waals surface area contributed by atoms with Gasteiger partial charge >= 0.3 is 5.69 Å². The minimum atomic E-state index is -0.343. The fourth-order valence-electron chi connectivity index (χ4n) is 2.76. The zero-order chi connectivity index (χ0) is 14.5. The molecule has 1 fully saturated rings. The third-order valence-corrected chi connectivity index (χ3v) is 3.66. The maximum atomic E-state index is 11.1. The standard InChI is InChI=1S/C13H23N5O2/c1-3-7-17(9-11-5-4-6-14-8-11)13-12(18(19)20)10-16(2)15-13/h10-11,14H,3-9H2,1-2H3. The SMILES string of the molecule is CCCN(CC1CCCNC1)c1nn(C)cc1[N+](=O)[O-]. The summed E-state index contributed by atoms with van der Waals surface area (Å²) < 4.78 is 1.52. The zero-order valence-corrected chi connectivity index (χ0v) is 12.2. The zero-order valence-electron chi connectivity index (χ0n) is 12.2. The van der Waals surface area contributed by atoms with E-state index in [-0.39, 0.29) is 10.6 Å². The molecule has 20 heavy (non-hydrogen) atoms. The normalized spacial score (nSPS) is 19.0. The molecule has 1 saturated heterocycles. The molecule has 1 aromatic rings. The highest BCUT2D eigenvalue weighted by Gasteiger charge is 2.26. The smallest absolute Gasteiger partial charge is 0.330 e. The van der Waals surface area contributed by atoms with Gasteiger partial charge in [0.15, 0.2) is 0 Å². The van der Waals surface area contributed by atoms with Gasteiger partial charge in [-0.15, -0.1) is 5.10 Å². The summed E-state index contributed by atoms with van der Waals surface area (Å²) in [5.41, 5.74) is 0.102. The Morgan fingerprint density at radius 3 is 3.05 bits per heavy atom. The lowest BCUT2D eigenvalue weighted by atomic mass is 9.99. The van der Waals surface area contributed by atoms with Crippen molar-refractivity contribution in [3.8, 4) is 0 Å². The number of aryl methyl sites for hydroxylation is 1. The summed E-state index contributed by atoms with van der Waals surface area (Å²) in [4.78, 5) is 12.9. The van der Waals surface area contributed by atoms with Gasteiger partial charge in [-0.1, -0.05) is 6.92 Å². The first-order valence-electron chi connectivity index (χ1n) is 7.25. The number of aromatic nitrogens is 2. The summed E-state index contributed by atoms with van der Waals surface area (Å²) in [6.45, 7) is 5.78. The Bertz CT molecular complexity index is 454. The Labute approximate surface area is 119 Å². The molecule has 112 valence electrons. The molecule has 1 aliphatic rings. The van der Waals surface area contributed by atoms with E-state index in [0.717, 1.165) is 32.6 Å². The third kappa shape index (κ3) is 3.47. The molecule has 1 aromatic heterocycles. The maximum Gasteiger partial charge on any atom is 0.330 e. The van der Waals surface area contributed by atoms with Crippen molar-refractivity contribution in [3.63, 3.8) is 0 Å². The molecule has 0 amide bonds. The van der Waals surface area contributed by atoms with Crippen LogP contribution in [0.2, 0.25) is 0 Å². The van der Waals surface area contributed by atoms with E-state index in [1.165, 1.54) is 23.7 Å². The molecular weight excluding hydrogens is 258 g/mol. The lowest BCUT2D eigenvalue weighted by Gasteiger charge is -2.29. The highest BCUT2D eigenvalue weighted by atomic mass is 16.6. The van der Waals surface area contributed by atoms with Gasteiger partial charge in [-0.05, 0) is 38.3 Å². The van der Waals surface area contributed by atoms with Gasteiger partial charge in [-0.2, -0.15) is 0 Å². The molecule has 2 rings (SSSR count). The molecule has 0 aromatic carbocycles. The van der Waals surface area contributed by atoms with Crippen molar-refractivity contribution < 1.29 is 4.92 Å². The minimum Gasteiger partial charge on any atom is -0.349 e. The van der Waals surface area contributed by atoms with Crippen LogP contribution < -0.4 is 10.2 Å². The van der Waals surface area contributed by atoms with E-state index in [0.29, 0.717) is 11.7 Å². The molecule has 0 bridgehead atoms. The van der Waals surface area contributed by atoms with Gasteiger partial charge in [0.2, 0.25) is 5.82 Å². The number of hydrogen-bond donors (Lipinski definition) is 1. The number of piperidine rings is 1. The summed E-state index contributed by atoms with van der Waals surface area (Å²) in [6.07, 6.45) is 4.79. The van der Waals surface area contributed by atoms with E-state index in [2.05, 4.69) is 22.2 Å². The first-order chi connectivity index (χ1) is 9.61. The van der Waals surface area contributed by atoms with Gasteiger partial charge in [0, 0.05) is 20.1 Å². The summed E-state index contributed by atoms with van der Waals surface area (Å²) in [7, 11) is 1.72. The second kappa shape index (κ2) is 6.69. The molecule has 1 N–H and O–H groups in total. The van der Waals surface area contributed by atoms with Crippen LogP contribution in [0.5, 0.6) is 0 Å². The molecule has 2 heterocycles. The lowest BCUT2D eigenvalue weighted by molar-refractivity contribution is -0.384. The molecule has 0 radical (unpaired) electrons. The number of nitrogens with zero attached hydrogens (tertiary/aromatic N) is 4. The maximum absolute atomic E-state index is 11.1. The van der Waals surface area contributed by atoms with Crippen LogP contribution in [0.1, 0.15) is 26.2 Å². The van der Waals surface area contributed by atoms with Crippen LogP contribution in [0.15, 0.2) is 6.20 Å². The van der Waals surface area contributed by atoms with E-state index in [4.69, 9.17) is 0 Å².